The highest BCUT2D eigenvalue weighted by Crippen LogP contribution is 2.26. The minimum Gasteiger partial charge on any atom is -0.295 e. The van der Waals surface area contributed by atoms with E-state index >= 15 is 0 Å². The molecule has 0 bridgehead atoms. The second-order valence-electron chi connectivity index (χ2n) is 4.34. The van der Waals surface area contributed by atoms with Crippen molar-refractivity contribution < 1.29 is 4.39 Å². The van der Waals surface area contributed by atoms with Gasteiger partial charge in [0, 0.05) is 21.9 Å². The standard InChI is InChI=1S/C14H15BrFNS/c1-10(14-4-3-7-18-14)17(2)9-11-5-6-12(16)8-13(11)15/h3-8,10H,9H2,1-2H3. The predicted molar refractivity (Wildman–Crippen MR) is 78.3 cm³/mol. The maximum Gasteiger partial charge on any atom is 0.124 e. The van der Waals surface area contributed by atoms with Gasteiger partial charge in [0.2, 0.25) is 0 Å². The maximum atomic E-state index is 13.0. The molecule has 2 aromatic rings. The zero-order valence-corrected chi connectivity index (χ0v) is 12.8. The average molecular weight is 328 g/mol. The van der Waals surface area contributed by atoms with E-state index in [1.54, 1.807) is 11.3 Å². The van der Waals surface area contributed by atoms with Gasteiger partial charge in [-0.3, -0.25) is 4.90 Å². The molecule has 2 rings (SSSR count). The summed E-state index contributed by atoms with van der Waals surface area (Å²) in [5, 5.41) is 2.09. The Morgan fingerprint density at radius 2 is 2.17 bits per heavy atom. The van der Waals surface area contributed by atoms with Crippen LogP contribution in [-0.2, 0) is 6.54 Å². The molecular formula is C14H15BrFNS. The average Bonchev–Trinajstić information content (AvgIpc) is 2.85. The van der Waals surface area contributed by atoms with Crippen LogP contribution in [0.15, 0.2) is 40.2 Å². The zero-order valence-electron chi connectivity index (χ0n) is 10.4. The first-order chi connectivity index (χ1) is 8.58. The fourth-order valence-corrected chi connectivity index (χ4v) is 3.13. The van der Waals surface area contributed by atoms with Gasteiger partial charge in [0.15, 0.2) is 0 Å². The Hall–Kier alpha value is -0.710. The third-order valence-corrected chi connectivity index (χ3v) is 4.83. The molecule has 1 heterocycles. The van der Waals surface area contributed by atoms with E-state index in [0.29, 0.717) is 6.04 Å². The van der Waals surface area contributed by atoms with Crippen LogP contribution in [0.2, 0.25) is 0 Å². The highest BCUT2D eigenvalue weighted by Gasteiger charge is 2.14. The lowest BCUT2D eigenvalue weighted by Crippen LogP contribution is -2.21. The normalized spacial score (nSPS) is 12.9. The Morgan fingerprint density at radius 1 is 1.39 bits per heavy atom. The van der Waals surface area contributed by atoms with Gasteiger partial charge in [0.1, 0.15) is 5.82 Å². The molecule has 0 fully saturated rings. The number of thiophene rings is 1. The lowest BCUT2D eigenvalue weighted by molar-refractivity contribution is 0.256. The highest BCUT2D eigenvalue weighted by atomic mass is 79.9. The Labute approximate surface area is 119 Å². The molecule has 1 aromatic heterocycles. The minimum atomic E-state index is -0.209. The van der Waals surface area contributed by atoms with Gasteiger partial charge in [-0.25, -0.2) is 4.39 Å². The molecule has 0 aliphatic rings. The molecule has 0 N–H and O–H groups in total. The van der Waals surface area contributed by atoms with E-state index in [-0.39, 0.29) is 5.82 Å². The Bertz CT molecular complexity index is 513. The first-order valence-electron chi connectivity index (χ1n) is 5.75. The van der Waals surface area contributed by atoms with Gasteiger partial charge in [-0.05, 0) is 43.1 Å². The van der Waals surface area contributed by atoms with Crippen molar-refractivity contribution in [2.24, 2.45) is 0 Å². The van der Waals surface area contributed by atoms with Crippen molar-refractivity contribution in [2.45, 2.75) is 19.5 Å². The van der Waals surface area contributed by atoms with Gasteiger partial charge >= 0.3 is 0 Å². The van der Waals surface area contributed by atoms with Crippen molar-refractivity contribution in [1.29, 1.82) is 0 Å². The van der Waals surface area contributed by atoms with Gasteiger partial charge in [-0.2, -0.15) is 0 Å². The Balaban J connectivity index is 2.09. The molecule has 4 heteroatoms. The smallest absolute Gasteiger partial charge is 0.124 e. The van der Waals surface area contributed by atoms with Crippen LogP contribution in [0.5, 0.6) is 0 Å². The number of hydrogen-bond acceptors (Lipinski definition) is 2. The molecular weight excluding hydrogens is 313 g/mol. The summed E-state index contributed by atoms with van der Waals surface area (Å²) in [7, 11) is 2.08. The van der Waals surface area contributed by atoms with Crippen molar-refractivity contribution in [3.63, 3.8) is 0 Å². The van der Waals surface area contributed by atoms with Crippen LogP contribution in [0.1, 0.15) is 23.4 Å². The lowest BCUT2D eigenvalue weighted by atomic mass is 10.1. The fraction of sp³-hybridized carbons (Fsp3) is 0.286. The molecule has 1 aromatic carbocycles. The lowest BCUT2D eigenvalue weighted by Gasteiger charge is -2.24. The third-order valence-electron chi connectivity index (χ3n) is 3.05. The molecule has 1 atom stereocenters. The molecule has 96 valence electrons. The zero-order chi connectivity index (χ0) is 13.1. The Kier molecular flexibility index (Phi) is 4.54. The van der Waals surface area contributed by atoms with Crippen molar-refractivity contribution in [1.82, 2.24) is 4.90 Å². The van der Waals surface area contributed by atoms with Crippen LogP contribution in [0, 0.1) is 5.82 Å². The van der Waals surface area contributed by atoms with Crippen molar-refractivity contribution in [2.75, 3.05) is 7.05 Å². The fourth-order valence-electron chi connectivity index (χ4n) is 1.80. The first kappa shape index (κ1) is 13.7. The number of halogens is 2. The molecule has 0 amide bonds. The van der Waals surface area contributed by atoms with E-state index in [0.717, 1.165) is 16.6 Å². The Morgan fingerprint density at radius 3 is 2.78 bits per heavy atom. The summed E-state index contributed by atoms with van der Waals surface area (Å²) in [4.78, 5) is 3.60. The third kappa shape index (κ3) is 3.19. The van der Waals surface area contributed by atoms with Gasteiger partial charge < -0.3 is 0 Å². The highest BCUT2D eigenvalue weighted by molar-refractivity contribution is 9.10. The second kappa shape index (κ2) is 5.95. The molecule has 0 saturated carbocycles. The second-order valence-corrected chi connectivity index (χ2v) is 6.18. The molecule has 0 spiro atoms. The van der Waals surface area contributed by atoms with Crippen LogP contribution < -0.4 is 0 Å². The molecule has 0 aliphatic heterocycles. The number of hydrogen-bond donors (Lipinski definition) is 0. The van der Waals surface area contributed by atoms with Crippen LogP contribution in [-0.4, -0.2) is 11.9 Å². The molecule has 18 heavy (non-hydrogen) atoms. The van der Waals surface area contributed by atoms with Crippen LogP contribution in [0.4, 0.5) is 4.39 Å². The van der Waals surface area contributed by atoms with E-state index < -0.39 is 0 Å². The molecule has 0 saturated heterocycles. The summed E-state index contributed by atoms with van der Waals surface area (Å²) < 4.78 is 13.9. The summed E-state index contributed by atoms with van der Waals surface area (Å²) in [5.41, 5.74) is 1.10. The van der Waals surface area contributed by atoms with Gasteiger partial charge in [0.25, 0.3) is 0 Å². The van der Waals surface area contributed by atoms with Gasteiger partial charge in [0.05, 0.1) is 0 Å². The van der Waals surface area contributed by atoms with Crippen LogP contribution in [0.25, 0.3) is 0 Å². The first-order valence-corrected chi connectivity index (χ1v) is 7.43. The van der Waals surface area contributed by atoms with Crippen molar-refractivity contribution >= 4 is 27.3 Å². The topological polar surface area (TPSA) is 3.24 Å². The molecule has 1 unspecified atom stereocenters. The SMILES string of the molecule is CC(c1cccs1)N(C)Cc1ccc(F)cc1Br. The van der Waals surface area contributed by atoms with Crippen molar-refractivity contribution in [3.8, 4) is 0 Å². The number of rotatable bonds is 4. The minimum absolute atomic E-state index is 0.209. The van der Waals surface area contributed by atoms with E-state index in [4.69, 9.17) is 0 Å². The largest absolute Gasteiger partial charge is 0.295 e. The van der Waals surface area contributed by atoms with E-state index in [2.05, 4.69) is 52.3 Å². The maximum absolute atomic E-state index is 13.0. The van der Waals surface area contributed by atoms with Gasteiger partial charge in [-0.1, -0.05) is 28.1 Å². The summed E-state index contributed by atoms with van der Waals surface area (Å²) >= 11 is 5.17. The number of nitrogens with zero attached hydrogens (tertiary/aromatic N) is 1. The number of benzene rings is 1. The van der Waals surface area contributed by atoms with E-state index in [1.807, 2.05) is 6.07 Å². The monoisotopic (exact) mass is 327 g/mol. The van der Waals surface area contributed by atoms with Crippen molar-refractivity contribution in [3.05, 3.63) is 56.4 Å². The molecule has 0 aliphatic carbocycles. The summed E-state index contributed by atoms with van der Waals surface area (Å²) in [6, 6.07) is 9.42. The van der Waals surface area contributed by atoms with Crippen LogP contribution in [0.3, 0.4) is 0 Å². The van der Waals surface area contributed by atoms with Crippen LogP contribution >= 0.6 is 27.3 Å². The predicted octanol–water partition coefficient (Wildman–Crippen LogP) is 4.84. The molecule has 1 nitrogen and oxygen atoms in total. The summed E-state index contributed by atoms with van der Waals surface area (Å²) in [6.07, 6.45) is 0. The summed E-state index contributed by atoms with van der Waals surface area (Å²) in [6.45, 7) is 2.98. The van der Waals surface area contributed by atoms with Gasteiger partial charge in [-0.15, -0.1) is 11.3 Å². The molecule has 0 radical (unpaired) electrons. The van der Waals surface area contributed by atoms with E-state index in [9.17, 15) is 4.39 Å². The summed E-state index contributed by atoms with van der Waals surface area (Å²) in [5.74, 6) is -0.209. The van der Waals surface area contributed by atoms with E-state index in [1.165, 1.54) is 17.0 Å². The quantitative estimate of drug-likeness (QED) is 0.776.